The van der Waals surface area contributed by atoms with E-state index in [9.17, 15) is 4.79 Å². The number of ketones is 1. The topological polar surface area (TPSA) is 20.3 Å². The first-order valence-corrected chi connectivity index (χ1v) is 5.80. The van der Waals surface area contributed by atoms with Crippen LogP contribution in [0.25, 0.3) is 0 Å². The average Bonchev–Trinajstić information content (AvgIpc) is 2.17. The number of unbranched alkanes of at least 4 members (excludes halogenated alkanes) is 1. The Hall–Kier alpha value is -0.370. The largest absolute Gasteiger partial charge is 0.298 e. The summed E-state index contributed by atoms with van der Waals surface area (Å²) in [6, 6.07) is 0.594. The molecule has 2 nitrogen and oxygen atoms in total. The first-order chi connectivity index (χ1) is 6.54. The average molecular weight is 199 g/mol. The highest BCUT2D eigenvalue weighted by Crippen LogP contribution is 2.11. The van der Waals surface area contributed by atoms with E-state index in [1.54, 1.807) is 6.92 Å². The van der Waals surface area contributed by atoms with Crippen LogP contribution in [0, 0.1) is 0 Å². The van der Waals surface area contributed by atoms with Gasteiger partial charge in [0.25, 0.3) is 0 Å². The Morgan fingerprint density at radius 2 is 1.86 bits per heavy atom. The van der Waals surface area contributed by atoms with Gasteiger partial charge < -0.3 is 0 Å². The van der Waals surface area contributed by atoms with Crippen molar-refractivity contribution in [3.8, 4) is 0 Å². The lowest BCUT2D eigenvalue weighted by atomic mass is 10.1. The predicted octanol–water partition coefficient (Wildman–Crippen LogP) is 2.86. The van der Waals surface area contributed by atoms with E-state index < -0.39 is 0 Å². The van der Waals surface area contributed by atoms with E-state index >= 15 is 0 Å². The van der Waals surface area contributed by atoms with Gasteiger partial charge in [-0.2, -0.15) is 0 Å². The Morgan fingerprint density at radius 1 is 1.29 bits per heavy atom. The Labute approximate surface area is 88.7 Å². The first kappa shape index (κ1) is 13.6. The van der Waals surface area contributed by atoms with Crippen LogP contribution in [0.5, 0.6) is 0 Å². The third-order valence-electron chi connectivity index (χ3n) is 3.01. The molecule has 0 N–H and O–H groups in total. The number of rotatable bonds is 7. The SMILES string of the molecule is CCCCN(C(C)CC)C(C)C(C)=O. The predicted molar refractivity (Wildman–Crippen MR) is 61.5 cm³/mol. The monoisotopic (exact) mass is 199 g/mol. The smallest absolute Gasteiger partial charge is 0.146 e. The molecule has 0 saturated carbocycles. The van der Waals surface area contributed by atoms with Crippen molar-refractivity contribution >= 4 is 5.78 Å². The molecule has 0 aliphatic carbocycles. The van der Waals surface area contributed by atoms with Gasteiger partial charge in [-0.1, -0.05) is 20.3 Å². The molecule has 0 aromatic heterocycles. The van der Waals surface area contributed by atoms with E-state index in [1.165, 1.54) is 12.8 Å². The molecule has 0 aromatic rings. The molecule has 0 amide bonds. The second-order valence-corrected chi connectivity index (χ2v) is 4.14. The van der Waals surface area contributed by atoms with E-state index in [0.717, 1.165) is 13.0 Å². The van der Waals surface area contributed by atoms with Gasteiger partial charge in [-0.05, 0) is 40.2 Å². The molecule has 0 radical (unpaired) electrons. The van der Waals surface area contributed by atoms with Crippen molar-refractivity contribution in [3.05, 3.63) is 0 Å². The minimum Gasteiger partial charge on any atom is -0.298 e. The molecule has 0 spiro atoms. The molecule has 2 atom stereocenters. The summed E-state index contributed by atoms with van der Waals surface area (Å²) in [4.78, 5) is 13.7. The zero-order valence-electron chi connectivity index (χ0n) is 10.3. The van der Waals surface area contributed by atoms with E-state index in [2.05, 4.69) is 25.7 Å². The molecule has 0 fully saturated rings. The summed E-state index contributed by atoms with van der Waals surface area (Å²) in [5.41, 5.74) is 0. The van der Waals surface area contributed by atoms with Crippen molar-refractivity contribution < 1.29 is 4.79 Å². The van der Waals surface area contributed by atoms with Gasteiger partial charge in [0.15, 0.2) is 0 Å². The summed E-state index contributed by atoms with van der Waals surface area (Å²) in [7, 11) is 0. The lowest BCUT2D eigenvalue weighted by molar-refractivity contribution is -0.122. The maximum absolute atomic E-state index is 11.3. The lowest BCUT2D eigenvalue weighted by Crippen LogP contribution is -2.44. The highest BCUT2D eigenvalue weighted by Gasteiger charge is 2.21. The maximum atomic E-state index is 11.3. The second kappa shape index (κ2) is 6.99. The highest BCUT2D eigenvalue weighted by molar-refractivity contribution is 5.80. The molecular formula is C12H25NO. The third-order valence-corrected chi connectivity index (χ3v) is 3.01. The van der Waals surface area contributed by atoms with Gasteiger partial charge in [-0.15, -0.1) is 0 Å². The molecule has 2 heteroatoms. The van der Waals surface area contributed by atoms with Crippen molar-refractivity contribution in [1.82, 2.24) is 4.90 Å². The third kappa shape index (κ3) is 4.23. The normalized spacial score (nSPS) is 15.6. The standard InChI is InChI=1S/C12H25NO/c1-6-8-9-13(10(3)7-2)11(4)12(5)14/h10-11H,6-9H2,1-5H3. The molecule has 0 bridgehead atoms. The molecule has 0 saturated heterocycles. The number of nitrogens with zero attached hydrogens (tertiary/aromatic N) is 1. The van der Waals surface area contributed by atoms with Crippen LogP contribution in [-0.4, -0.2) is 29.3 Å². The summed E-state index contributed by atoms with van der Waals surface area (Å²) >= 11 is 0. The van der Waals surface area contributed by atoms with Crippen molar-refractivity contribution in [2.45, 2.75) is 66.0 Å². The molecule has 0 aliphatic heterocycles. The van der Waals surface area contributed by atoms with Gasteiger partial charge in [0, 0.05) is 6.04 Å². The van der Waals surface area contributed by atoms with E-state index in [1.807, 2.05) is 6.92 Å². The molecular weight excluding hydrogens is 174 g/mol. The highest BCUT2D eigenvalue weighted by atomic mass is 16.1. The van der Waals surface area contributed by atoms with Crippen LogP contribution in [0.15, 0.2) is 0 Å². The summed E-state index contributed by atoms with van der Waals surface area (Å²) in [5, 5.41) is 0. The Bertz CT molecular complexity index is 168. The molecule has 0 aromatic carbocycles. The van der Waals surface area contributed by atoms with Gasteiger partial charge in [-0.3, -0.25) is 9.69 Å². The van der Waals surface area contributed by atoms with Crippen molar-refractivity contribution in [2.24, 2.45) is 0 Å². The fraction of sp³-hybridized carbons (Fsp3) is 0.917. The summed E-state index contributed by atoms with van der Waals surface area (Å²) in [6.45, 7) is 11.3. The van der Waals surface area contributed by atoms with Crippen LogP contribution < -0.4 is 0 Å². The van der Waals surface area contributed by atoms with Gasteiger partial charge in [-0.25, -0.2) is 0 Å². The van der Waals surface area contributed by atoms with E-state index in [0.29, 0.717) is 6.04 Å². The molecule has 0 aliphatic rings. The van der Waals surface area contributed by atoms with Crippen LogP contribution in [-0.2, 0) is 4.79 Å². The van der Waals surface area contributed by atoms with Crippen LogP contribution in [0.4, 0.5) is 0 Å². The fourth-order valence-electron chi connectivity index (χ4n) is 1.60. The minimum absolute atomic E-state index is 0.0801. The zero-order valence-corrected chi connectivity index (χ0v) is 10.3. The Kier molecular flexibility index (Phi) is 6.81. The summed E-state index contributed by atoms with van der Waals surface area (Å²) in [6.07, 6.45) is 3.49. The number of carbonyl (C=O) groups excluding carboxylic acids is 1. The van der Waals surface area contributed by atoms with Crippen molar-refractivity contribution in [3.63, 3.8) is 0 Å². The van der Waals surface area contributed by atoms with E-state index in [-0.39, 0.29) is 11.8 Å². The van der Waals surface area contributed by atoms with Crippen molar-refractivity contribution in [1.29, 1.82) is 0 Å². The van der Waals surface area contributed by atoms with Gasteiger partial charge in [0.05, 0.1) is 6.04 Å². The van der Waals surface area contributed by atoms with Crippen LogP contribution in [0.1, 0.15) is 53.9 Å². The molecule has 0 rings (SSSR count). The van der Waals surface area contributed by atoms with Gasteiger partial charge in [0.2, 0.25) is 0 Å². The number of hydrogen-bond acceptors (Lipinski definition) is 2. The van der Waals surface area contributed by atoms with Gasteiger partial charge in [0.1, 0.15) is 5.78 Å². The number of hydrogen-bond donors (Lipinski definition) is 0. The maximum Gasteiger partial charge on any atom is 0.146 e. The first-order valence-electron chi connectivity index (χ1n) is 5.80. The molecule has 14 heavy (non-hydrogen) atoms. The fourth-order valence-corrected chi connectivity index (χ4v) is 1.60. The van der Waals surface area contributed by atoms with Crippen LogP contribution >= 0.6 is 0 Å². The van der Waals surface area contributed by atoms with Gasteiger partial charge >= 0.3 is 0 Å². The van der Waals surface area contributed by atoms with Crippen LogP contribution in [0.2, 0.25) is 0 Å². The molecule has 84 valence electrons. The zero-order chi connectivity index (χ0) is 11.1. The van der Waals surface area contributed by atoms with Crippen LogP contribution in [0.3, 0.4) is 0 Å². The molecule has 2 unspecified atom stereocenters. The Morgan fingerprint density at radius 3 is 2.21 bits per heavy atom. The minimum atomic E-state index is 0.0801. The number of carbonyl (C=O) groups is 1. The Balaban J connectivity index is 4.29. The van der Waals surface area contributed by atoms with E-state index in [4.69, 9.17) is 0 Å². The van der Waals surface area contributed by atoms with Crippen molar-refractivity contribution in [2.75, 3.05) is 6.54 Å². The summed E-state index contributed by atoms with van der Waals surface area (Å²) < 4.78 is 0. The molecule has 0 heterocycles. The lowest BCUT2D eigenvalue weighted by Gasteiger charge is -2.32. The number of Topliss-reactive ketones (excluding diaryl/α,β-unsaturated/α-hetero) is 1. The quantitative estimate of drug-likeness (QED) is 0.628. The second-order valence-electron chi connectivity index (χ2n) is 4.14. The summed E-state index contributed by atoms with van der Waals surface area (Å²) in [5.74, 6) is 0.279.